The average molecular weight is 251 g/mol. The van der Waals surface area contributed by atoms with E-state index in [9.17, 15) is 4.79 Å². The monoisotopic (exact) mass is 251 g/mol. The summed E-state index contributed by atoms with van der Waals surface area (Å²) in [6.45, 7) is 0. The molecule has 0 fully saturated rings. The van der Waals surface area contributed by atoms with Gasteiger partial charge in [0.1, 0.15) is 5.69 Å². The van der Waals surface area contributed by atoms with Crippen LogP contribution in [0.1, 0.15) is 10.5 Å². The average Bonchev–Trinajstić information content (AvgIpc) is 2.83. The third kappa shape index (κ3) is 2.28. The van der Waals surface area contributed by atoms with Gasteiger partial charge in [0.15, 0.2) is 0 Å². The van der Waals surface area contributed by atoms with Crippen molar-refractivity contribution in [1.82, 2.24) is 4.98 Å². The predicted octanol–water partition coefficient (Wildman–Crippen LogP) is 3.00. The number of nitrogen functional groups attached to an aromatic ring is 1. The normalized spacial score (nSPS) is 10.5. The summed E-state index contributed by atoms with van der Waals surface area (Å²) in [5, 5.41) is 3.76. The number of aromatic amines is 1. The molecule has 0 saturated carbocycles. The molecule has 0 saturated heterocycles. The van der Waals surface area contributed by atoms with Crippen LogP contribution in [-0.2, 0) is 0 Å². The van der Waals surface area contributed by atoms with Crippen molar-refractivity contribution in [3.8, 4) is 0 Å². The predicted molar refractivity (Wildman–Crippen MR) is 77.1 cm³/mol. The van der Waals surface area contributed by atoms with Gasteiger partial charge in [-0.15, -0.1) is 0 Å². The molecule has 1 amide bonds. The Hall–Kier alpha value is -2.75. The molecule has 0 unspecified atom stereocenters. The summed E-state index contributed by atoms with van der Waals surface area (Å²) in [7, 11) is 0. The minimum Gasteiger partial charge on any atom is -0.399 e. The molecule has 3 rings (SSSR count). The van der Waals surface area contributed by atoms with Crippen LogP contribution in [0.5, 0.6) is 0 Å². The first-order valence-electron chi connectivity index (χ1n) is 5.97. The Balaban J connectivity index is 1.89. The molecule has 0 aliphatic carbocycles. The van der Waals surface area contributed by atoms with Crippen molar-refractivity contribution in [2.75, 3.05) is 11.1 Å². The third-order valence-corrected chi connectivity index (χ3v) is 2.92. The third-order valence-electron chi connectivity index (χ3n) is 2.92. The molecule has 94 valence electrons. The maximum Gasteiger partial charge on any atom is 0.272 e. The molecule has 0 atom stereocenters. The SMILES string of the molecule is Nc1ccc2[nH]c(C(=O)Nc3ccccc3)cc2c1. The summed E-state index contributed by atoms with van der Waals surface area (Å²) in [4.78, 5) is 15.2. The zero-order valence-corrected chi connectivity index (χ0v) is 10.2. The Bertz CT molecular complexity index is 731. The fourth-order valence-corrected chi connectivity index (χ4v) is 1.99. The second-order valence-electron chi connectivity index (χ2n) is 4.35. The van der Waals surface area contributed by atoms with Gasteiger partial charge in [-0.05, 0) is 36.4 Å². The molecule has 0 radical (unpaired) electrons. The molecular weight excluding hydrogens is 238 g/mol. The summed E-state index contributed by atoms with van der Waals surface area (Å²) in [6.07, 6.45) is 0. The molecule has 0 aliphatic heterocycles. The van der Waals surface area contributed by atoms with Crippen LogP contribution in [0.4, 0.5) is 11.4 Å². The van der Waals surface area contributed by atoms with Crippen molar-refractivity contribution >= 4 is 28.2 Å². The second-order valence-corrected chi connectivity index (χ2v) is 4.35. The van der Waals surface area contributed by atoms with Gasteiger partial charge in [-0.3, -0.25) is 4.79 Å². The largest absolute Gasteiger partial charge is 0.399 e. The van der Waals surface area contributed by atoms with Crippen molar-refractivity contribution in [2.45, 2.75) is 0 Å². The lowest BCUT2D eigenvalue weighted by molar-refractivity contribution is 0.102. The van der Waals surface area contributed by atoms with E-state index < -0.39 is 0 Å². The first-order chi connectivity index (χ1) is 9.22. The summed E-state index contributed by atoms with van der Waals surface area (Å²) in [6, 6.07) is 16.7. The van der Waals surface area contributed by atoms with E-state index in [0.717, 1.165) is 16.6 Å². The molecule has 4 nitrogen and oxygen atoms in total. The number of carbonyl (C=O) groups excluding carboxylic acids is 1. The van der Waals surface area contributed by atoms with Gasteiger partial charge in [-0.25, -0.2) is 0 Å². The van der Waals surface area contributed by atoms with E-state index in [1.807, 2.05) is 42.5 Å². The van der Waals surface area contributed by atoms with Crippen molar-refractivity contribution < 1.29 is 4.79 Å². The highest BCUT2D eigenvalue weighted by molar-refractivity contribution is 6.06. The van der Waals surface area contributed by atoms with Crippen LogP contribution in [0.2, 0.25) is 0 Å². The smallest absolute Gasteiger partial charge is 0.272 e. The van der Waals surface area contributed by atoms with E-state index in [0.29, 0.717) is 11.4 Å². The van der Waals surface area contributed by atoms with Gasteiger partial charge in [0.05, 0.1) is 0 Å². The number of hydrogen-bond donors (Lipinski definition) is 3. The van der Waals surface area contributed by atoms with Crippen LogP contribution in [0.15, 0.2) is 54.6 Å². The number of aromatic nitrogens is 1. The van der Waals surface area contributed by atoms with Crippen LogP contribution in [0, 0.1) is 0 Å². The molecule has 2 aromatic carbocycles. The zero-order chi connectivity index (χ0) is 13.2. The number of nitrogens with two attached hydrogens (primary N) is 1. The Morgan fingerprint density at radius 1 is 1.05 bits per heavy atom. The number of benzene rings is 2. The van der Waals surface area contributed by atoms with E-state index in [1.54, 1.807) is 12.1 Å². The fourth-order valence-electron chi connectivity index (χ4n) is 1.99. The number of hydrogen-bond acceptors (Lipinski definition) is 2. The van der Waals surface area contributed by atoms with Crippen molar-refractivity contribution in [2.24, 2.45) is 0 Å². The van der Waals surface area contributed by atoms with Gasteiger partial charge in [-0.2, -0.15) is 0 Å². The van der Waals surface area contributed by atoms with Gasteiger partial charge >= 0.3 is 0 Å². The van der Waals surface area contributed by atoms with Gasteiger partial charge < -0.3 is 16.0 Å². The second kappa shape index (κ2) is 4.49. The summed E-state index contributed by atoms with van der Waals surface area (Å²) in [5.41, 5.74) is 8.58. The Morgan fingerprint density at radius 3 is 2.63 bits per heavy atom. The lowest BCUT2D eigenvalue weighted by Crippen LogP contribution is -2.11. The molecule has 4 heteroatoms. The van der Waals surface area contributed by atoms with Crippen molar-refractivity contribution in [3.63, 3.8) is 0 Å². The van der Waals surface area contributed by atoms with Crippen molar-refractivity contribution in [1.29, 1.82) is 0 Å². The number of rotatable bonds is 2. The number of amides is 1. The van der Waals surface area contributed by atoms with E-state index in [4.69, 9.17) is 5.73 Å². The highest BCUT2D eigenvalue weighted by Gasteiger charge is 2.09. The minimum absolute atomic E-state index is 0.166. The van der Waals surface area contributed by atoms with E-state index in [-0.39, 0.29) is 5.91 Å². The first-order valence-corrected chi connectivity index (χ1v) is 5.97. The zero-order valence-electron chi connectivity index (χ0n) is 10.2. The lowest BCUT2D eigenvalue weighted by Gasteiger charge is -2.02. The maximum atomic E-state index is 12.1. The Morgan fingerprint density at radius 2 is 1.84 bits per heavy atom. The molecule has 1 aromatic heterocycles. The van der Waals surface area contributed by atoms with E-state index in [1.165, 1.54) is 0 Å². The Labute approximate surface area is 110 Å². The number of anilines is 2. The van der Waals surface area contributed by atoms with E-state index in [2.05, 4.69) is 10.3 Å². The maximum absolute atomic E-state index is 12.1. The van der Waals surface area contributed by atoms with Crippen LogP contribution < -0.4 is 11.1 Å². The van der Waals surface area contributed by atoms with Crippen LogP contribution in [0.3, 0.4) is 0 Å². The topological polar surface area (TPSA) is 70.9 Å². The number of para-hydroxylation sites is 1. The first kappa shape index (κ1) is 11.3. The number of carbonyl (C=O) groups is 1. The molecule has 19 heavy (non-hydrogen) atoms. The fraction of sp³-hybridized carbons (Fsp3) is 0. The molecular formula is C15H13N3O. The van der Waals surface area contributed by atoms with Gasteiger partial charge in [0.25, 0.3) is 5.91 Å². The van der Waals surface area contributed by atoms with Crippen molar-refractivity contribution in [3.05, 3.63) is 60.3 Å². The molecule has 0 aliphatic rings. The molecule has 0 bridgehead atoms. The van der Waals surface area contributed by atoms with Crippen LogP contribution in [-0.4, -0.2) is 10.9 Å². The van der Waals surface area contributed by atoms with Crippen LogP contribution >= 0.6 is 0 Å². The molecule has 0 spiro atoms. The Kier molecular flexibility index (Phi) is 2.68. The standard InChI is InChI=1S/C15H13N3O/c16-11-6-7-13-10(8-11)9-14(18-13)15(19)17-12-4-2-1-3-5-12/h1-9,18H,16H2,(H,17,19). The molecule has 1 heterocycles. The summed E-state index contributed by atoms with van der Waals surface area (Å²) in [5.74, 6) is -0.166. The number of fused-ring (bicyclic) bond motifs is 1. The highest BCUT2D eigenvalue weighted by Crippen LogP contribution is 2.19. The number of H-pyrrole nitrogens is 1. The summed E-state index contributed by atoms with van der Waals surface area (Å²) < 4.78 is 0. The van der Waals surface area contributed by atoms with Gasteiger partial charge in [0, 0.05) is 22.3 Å². The molecule has 4 N–H and O–H groups in total. The van der Waals surface area contributed by atoms with E-state index >= 15 is 0 Å². The minimum atomic E-state index is -0.166. The number of nitrogens with one attached hydrogen (secondary N) is 2. The quantitative estimate of drug-likeness (QED) is 0.613. The molecule has 3 aromatic rings. The van der Waals surface area contributed by atoms with Crippen LogP contribution in [0.25, 0.3) is 10.9 Å². The summed E-state index contributed by atoms with van der Waals surface area (Å²) >= 11 is 0. The lowest BCUT2D eigenvalue weighted by atomic mass is 10.2. The highest BCUT2D eigenvalue weighted by atomic mass is 16.1. The van der Waals surface area contributed by atoms with Gasteiger partial charge in [0.2, 0.25) is 0 Å². The van der Waals surface area contributed by atoms with Gasteiger partial charge in [-0.1, -0.05) is 18.2 Å².